The number of nitrogens with one attached hydrogen (secondary N) is 1. The Labute approximate surface area is 140 Å². The third-order valence-electron chi connectivity index (χ3n) is 3.90. The molecule has 1 atom stereocenters. The maximum atomic E-state index is 12.0. The Bertz CT molecular complexity index is 854. The van der Waals surface area contributed by atoms with Crippen LogP contribution >= 0.6 is 0 Å². The first-order chi connectivity index (χ1) is 11.7. The van der Waals surface area contributed by atoms with Crippen LogP contribution in [0, 0.1) is 0 Å². The maximum Gasteiger partial charge on any atom is 0.182 e. The zero-order valence-electron chi connectivity index (χ0n) is 13.4. The van der Waals surface area contributed by atoms with Crippen molar-refractivity contribution in [1.29, 1.82) is 0 Å². The fourth-order valence-electron chi connectivity index (χ4n) is 2.64. The standard InChI is InChI=1S/C20H19NO3/c1-24-18-9-7-15(8-10-18)20(23)12-16-11-17(22)13-19(21-16)14-5-3-2-4-6-14/h2-11,13,20,23H,12H2,1H3,(H,21,22). The van der Waals surface area contributed by atoms with Crippen LogP contribution in [0.5, 0.6) is 5.75 Å². The van der Waals surface area contributed by atoms with Crippen LogP contribution in [0.3, 0.4) is 0 Å². The lowest BCUT2D eigenvalue weighted by atomic mass is 10.0. The molecule has 122 valence electrons. The van der Waals surface area contributed by atoms with E-state index in [1.54, 1.807) is 13.2 Å². The molecule has 0 saturated heterocycles. The number of methoxy groups -OCH3 is 1. The van der Waals surface area contributed by atoms with Gasteiger partial charge in [-0.05, 0) is 23.3 Å². The first kappa shape index (κ1) is 16.0. The zero-order valence-corrected chi connectivity index (χ0v) is 13.4. The molecular weight excluding hydrogens is 302 g/mol. The highest BCUT2D eigenvalue weighted by Gasteiger charge is 2.11. The number of pyridine rings is 1. The normalized spacial score (nSPS) is 11.9. The summed E-state index contributed by atoms with van der Waals surface area (Å²) in [5, 5.41) is 10.4. The van der Waals surface area contributed by atoms with Crippen molar-refractivity contribution in [1.82, 2.24) is 4.98 Å². The van der Waals surface area contributed by atoms with E-state index in [4.69, 9.17) is 4.74 Å². The lowest BCUT2D eigenvalue weighted by molar-refractivity contribution is 0.177. The average molecular weight is 321 g/mol. The van der Waals surface area contributed by atoms with Crippen LogP contribution in [0.15, 0.2) is 71.5 Å². The summed E-state index contributed by atoms with van der Waals surface area (Å²) in [4.78, 5) is 15.2. The largest absolute Gasteiger partial charge is 0.497 e. The summed E-state index contributed by atoms with van der Waals surface area (Å²) < 4.78 is 5.12. The van der Waals surface area contributed by atoms with E-state index >= 15 is 0 Å². The number of ether oxygens (including phenoxy) is 1. The molecule has 4 heteroatoms. The first-order valence-corrected chi connectivity index (χ1v) is 7.76. The number of benzene rings is 2. The molecule has 0 aliphatic rings. The van der Waals surface area contributed by atoms with Gasteiger partial charge in [0.15, 0.2) is 5.43 Å². The van der Waals surface area contributed by atoms with Crippen LogP contribution in [-0.2, 0) is 6.42 Å². The summed E-state index contributed by atoms with van der Waals surface area (Å²) in [6, 6.07) is 20.0. The fraction of sp³-hybridized carbons (Fsp3) is 0.150. The summed E-state index contributed by atoms with van der Waals surface area (Å²) >= 11 is 0. The smallest absolute Gasteiger partial charge is 0.182 e. The van der Waals surface area contributed by atoms with E-state index in [9.17, 15) is 9.90 Å². The second-order valence-corrected chi connectivity index (χ2v) is 5.61. The van der Waals surface area contributed by atoms with Gasteiger partial charge in [-0.3, -0.25) is 4.79 Å². The molecule has 0 aliphatic heterocycles. The first-order valence-electron chi connectivity index (χ1n) is 7.76. The van der Waals surface area contributed by atoms with Crippen molar-refractivity contribution in [3.8, 4) is 17.0 Å². The molecule has 0 amide bonds. The van der Waals surface area contributed by atoms with Gasteiger partial charge in [-0.25, -0.2) is 0 Å². The molecule has 1 heterocycles. The van der Waals surface area contributed by atoms with Crippen LogP contribution in [0.1, 0.15) is 17.4 Å². The minimum absolute atomic E-state index is 0.0791. The van der Waals surface area contributed by atoms with E-state index in [0.717, 1.165) is 22.6 Å². The van der Waals surface area contributed by atoms with E-state index in [0.29, 0.717) is 12.1 Å². The highest BCUT2D eigenvalue weighted by Crippen LogP contribution is 2.21. The van der Waals surface area contributed by atoms with E-state index < -0.39 is 6.10 Å². The maximum absolute atomic E-state index is 12.0. The van der Waals surface area contributed by atoms with Crippen LogP contribution in [0.2, 0.25) is 0 Å². The summed E-state index contributed by atoms with van der Waals surface area (Å²) in [6.07, 6.45) is -0.361. The van der Waals surface area contributed by atoms with Crippen molar-refractivity contribution in [3.63, 3.8) is 0 Å². The molecule has 1 unspecified atom stereocenters. The van der Waals surface area contributed by atoms with Gasteiger partial charge in [-0.15, -0.1) is 0 Å². The Kier molecular flexibility index (Phi) is 4.77. The summed E-state index contributed by atoms with van der Waals surface area (Å²) in [5.74, 6) is 0.741. The van der Waals surface area contributed by atoms with E-state index in [1.165, 1.54) is 6.07 Å². The molecule has 0 aliphatic carbocycles. The Balaban J connectivity index is 1.84. The highest BCUT2D eigenvalue weighted by atomic mass is 16.5. The number of hydrogen-bond acceptors (Lipinski definition) is 3. The van der Waals surface area contributed by atoms with Crippen LogP contribution < -0.4 is 10.2 Å². The van der Waals surface area contributed by atoms with Gasteiger partial charge in [0.25, 0.3) is 0 Å². The SMILES string of the molecule is COc1ccc(C(O)Cc2cc(=O)cc(-c3ccccc3)[nH]2)cc1. The third-order valence-corrected chi connectivity index (χ3v) is 3.90. The number of hydrogen-bond donors (Lipinski definition) is 2. The van der Waals surface area contributed by atoms with E-state index in [2.05, 4.69) is 4.98 Å². The molecule has 0 spiro atoms. The number of aromatic nitrogens is 1. The molecule has 0 bridgehead atoms. The van der Waals surface area contributed by atoms with E-state index in [-0.39, 0.29) is 5.43 Å². The highest BCUT2D eigenvalue weighted by molar-refractivity contribution is 5.58. The van der Waals surface area contributed by atoms with Gasteiger partial charge in [0.2, 0.25) is 0 Å². The molecule has 0 saturated carbocycles. The van der Waals surface area contributed by atoms with Gasteiger partial charge in [-0.1, -0.05) is 42.5 Å². The van der Waals surface area contributed by atoms with Crippen molar-refractivity contribution in [2.75, 3.05) is 7.11 Å². The van der Waals surface area contributed by atoms with Crippen molar-refractivity contribution in [3.05, 3.63) is 88.2 Å². The third kappa shape index (κ3) is 3.73. The Morgan fingerprint density at radius 2 is 1.75 bits per heavy atom. The van der Waals surface area contributed by atoms with Crippen LogP contribution in [0.4, 0.5) is 0 Å². The van der Waals surface area contributed by atoms with Gasteiger partial charge >= 0.3 is 0 Å². The van der Waals surface area contributed by atoms with Crippen molar-refractivity contribution >= 4 is 0 Å². The molecule has 3 aromatic rings. The minimum atomic E-state index is -0.697. The summed E-state index contributed by atoms with van der Waals surface area (Å²) in [7, 11) is 1.60. The Hall–Kier alpha value is -2.85. The molecule has 24 heavy (non-hydrogen) atoms. The molecule has 0 radical (unpaired) electrons. The van der Waals surface area contributed by atoms with Crippen molar-refractivity contribution < 1.29 is 9.84 Å². The molecule has 2 aromatic carbocycles. The van der Waals surface area contributed by atoms with E-state index in [1.807, 2.05) is 54.6 Å². The molecule has 0 fully saturated rings. The Morgan fingerprint density at radius 1 is 1.04 bits per heavy atom. The quantitative estimate of drug-likeness (QED) is 0.758. The number of rotatable bonds is 5. The molecule has 1 aromatic heterocycles. The monoisotopic (exact) mass is 321 g/mol. The molecular formula is C20H19NO3. The lowest BCUT2D eigenvalue weighted by Crippen LogP contribution is -2.09. The second-order valence-electron chi connectivity index (χ2n) is 5.61. The molecule has 4 nitrogen and oxygen atoms in total. The number of aliphatic hydroxyl groups is 1. The van der Waals surface area contributed by atoms with Crippen molar-refractivity contribution in [2.24, 2.45) is 0 Å². The molecule has 2 N–H and O–H groups in total. The number of aromatic amines is 1. The van der Waals surface area contributed by atoms with Crippen molar-refractivity contribution in [2.45, 2.75) is 12.5 Å². The summed E-state index contributed by atoms with van der Waals surface area (Å²) in [5.41, 5.74) is 3.09. The predicted octanol–water partition coefficient (Wildman–Crippen LogP) is 3.33. The van der Waals surface area contributed by atoms with Gasteiger partial charge in [0.05, 0.1) is 13.2 Å². The average Bonchev–Trinajstić information content (AvgIpc) is 2.62. The molecule has 3 rings (SSSR count). The van der Waals surface area contributed by atoms with Gasteiger partial charge in [-0.2, -0.15) is 0 Å². The minimum Gasteiger partial charge on any atom is -0.497 e. The van der Waals surface area contributed by atoms with Gasteiger partial charge in [0.1, 0.15) is 5.75 Å². The van der Waals surface area contributed by atoms with Crippen LogP contribution in [0.25, 0.3) is 11.3 Å². The van der Waals surface area contributed by atoms with Crippen LogP contribution in [-0.4, -0.2) is 17.2 Å². The zero-order chi connectivity index (χ0) is 16.9. The fourth-order valence-corrected chi connectivity index (χ4v) is 2.64. The van der Waals surface area contributed by atoms with Gasteiger partial charge in [0, 0.05) is 29.9 Å². The predicted molar refractivity (Wildman–Crippen MR) is 94.2 cm³/mol. The lowest BCUT2D eigenvalue weighted by Gasteiger charge is -2.13. The second kappa shape index (κ2) is 7.15. The number of aliphatic hydroxyl groups excluding tert-OH is 1. The number of H-pyrrole nitrogens is 1. The topological polar surface area (TPSA) is 62.3 Å². The van der Waals surface area contributed by atoms with Gasteiger partial charge < -0.3 is 14.8 Å². The summed E-state index contributed by atoms with van der Waals surface area (Å²) in [6.45, 7) is 0. The Morgan fingerprint density at radius 3 is 2.42 bits per heavy atom.